The van der Waals surface area contributed by atoms with Crippen LogP contribution in [0.1, 0.15) is 89.4 Å². The number of rotatable bonds is 2. The topological polar surface area (TPSA) is 77.8 Å². The van der Waals surface area contributed by atoms with E-state index in [4.69, 9.17) is 21.4 Å². The third-order valence-corrected chi connectivity index (χ3v) is 10.1. The molecule has 0 aliphatic heterocycles. The van der Waals surface area contributed by atoms with E-state index >= 15 is 0 Å². The van der Waals surface area contributed by atoms with E-state index in [1.807, 2.05) is 0 Å². The zero-order valence-electron chi connectivity index (χ0n) is 25.7. The summed E-state index contributed by atoms with van der Waals surface area (Å²) >= 11 is 0. The Hall–Kier alpha value is -3.66. The first-order valence-corrected chi connectivity index (χ1v) is 13.9. The second-order valence-electron chi connectivity index (χ2n) is 11.9. The average Bonchev–Trinajstić information content (AvgIpc) is 3.18. The molecule has 4 aromatic rings. The smallest absolute Gasteiger partial charge is 0.0943 e. The number of fused-ring (bicyclic) bond motifs is 3. The van der Waals surface area contributed by atoms with Gasteiger partial charge in [0, 0.05) is 16.9 Å². The largest absolute Gasteiger partial charge is 0.398 e. The Morgan fingerprint density at radius 1 is 0.513 bits per heavy atom. The van der Waals surface area contributed by atoms with Gasteiger partial charge in [-0.15, -0.1) is 0 Å². The molecule has 0 saturated heterocycles. The highest BCUT2D eigenvalue weighted by molar-refractivity contribution is 5.89. The van der Waals surface area contributed by atoms with E-state index in [0.717, 1.165) is 56.4 Å². The summed E-state index contributed by atoms with van der Waals surface area (Å²) in [6, 6.07) is 4.61. The van der Waals surface area contributed by atoms with E-state index in [0.29, 0.717) is 0 Å². The quantitative estimate of drug-likeness (QED) is 0.235. The fourth-order valence-corrected chi connectivity index (χ4v) is 6.89. The van der Waals surface area contributed by atoms with Gasteiger partial charge in [0.1, 0.15) is 0 Å². The number of nitrogens with two attached hydrogens (primary N) is 2. The van der Waals surface area contributed by atoms with Gasteiger partial charge in [-0.3, -0.25) is 4.98 Å². The summed E-state index contributed by atoms with van der Waals surface area (Å²) in [5.74, 6) is 0. The SMILES string of the molecule is Cc1cc(C2(c3cc(C)c(N)c(C)c3C)c3nc(C)c(C)nc3-c3c(C)c(C)c(C)c(C)c32)c(C)c(C)c1N. The van der Waals surface area contributed by atoms with Crippen molar-refractivity contribution < 1.29 is 0 Å². The molecule has 1 aliphatic rings. The van der Waals surface area contributed by atoms with Crippen LogP contribution in [0.15, 0.2) is 12.1 Å². The molecule has 1 aliphatic carbocycles. The summed E-state index contributed by atoms with van der Waals surface area (Å²) in [4.78, 5) is 10.7. The zero-order chi connectivity index (χ0) is 28.9. The molecule has 4 heteroatoms. The molecule has 0 bridgehead atoms. The van der Waals surface area contributed by atoms with Crippen LogP contribution in [0.3, 0.4) is 0 Å². The minimum absolute atomic E-state index is 0.663. The lowest BCUT2D eigenvalue weighted by Gasteiger charge is -2.38. The van der Waals surface area contributed by atoms with Crippen LogP contribution in [0.4, 0.5) is 11.4 Å². The van der Waals surface area contributed by atoms with Gasteiger partial charge in [0.25, 0.3) is 0 Å². The molecule has 0 fully saturated rings. The van der Waals surface area contributed by atoms with Gasteiger partial charge in [0.2, 0.25) is 0 Å². The van der Waals surface area contributed by atoms with Crippen LogP contribution in [0.25, 0.3) is 11.3 Å². The molecule has 0 unspecified atom stereocenters. The van der Waals surface area contributed by atoms with Gasteiger partial charge in [0.15, 0.2) is 0 Å². The molecule has 202 valence electrons. The Morgan fingerprint density at radius 2 is 0.949 bits per heavy atom. The maximum absolute atomic E-state index is 6.62. The minimum Gasteiger partial charge on any atom is -0.398 e. The average molecular weight is 519 g/mol. The molecule has 0 spiro atoms. The second kappa shape index (κ2) is 8.67. The predicted octanol–water partition coefficient (Wildman–Crippen LogP) is 7.71. The second-order valence-corrected chi connectivity index (χ2v) is 11.9. The number of anilines is 2. The van der Waals surface area contributed by atoms with E-state index < -0.39 is 5.41 Å². The minimum atomic E-state index is -0.663. The standard InChI is InChI=1S/C35H42N4/c1-15-13-27(19(5)23(9)31(15)36)35(28-14-16(2)32(37)24(10)20(28)6)30-22(8)18(4)17(3)21(7)29(30)33-34(35)39-26(12)25(11)38-33/h13-14H,36-37H2,1-12H3. The Kier molecular flexibility index (Phi) is 5.99. The number of hydrogen-bond donors (Lipinski definition) is 2. The summed E-state index contributed by atoms with van der Waals surface area (Å²) in [5.41, 5.74) is 35.2. The maximum Gasteiger partial charge on any atom is 0.0943 e. The van der Waals surface area contributed by atoms with Crippen LogP contribution in [-0.4, -0.2) is 9.97 Å². The van der Waals surface area contributed by atoms with Gasteiger partial charge in [-0.1, -0.05) is 12.1 Å². The number of nitrogens with zero attached hydrogens (tertiary/aromatic N) is 2. The van der Waals surface area contributed by atoms with Crippen LogP contribution < -0.4 is 11.5 Å². The maximum atomic E-state index is 6.62. The summed E-state index contributed by atoms with van der Waals surface area (Å²) in [6.45, 7) is 26.1. The van der Waals surface area contributed by atoms with Gasteiger partial charge < -0.3 is 11.5 Å². The van der Waals surface area contributed by atoms with Gasteiger partial charge in [-0.2, -0.15) is 0 Å². The van der Waals surface area contributed by atoms with Gasteiger partial charge in [-0.05, 0) is 155 Å². The fraction of sp³-hybridized carbons (Fsp3) is 0.371. The molecule has 0 atom stereocenters. The molecule has 0 radical (unpaired) electrons. The Balaban J connectivity index is 2.20. The number of aromatic nitrogens is 2. The van der Waals surface area contributed by atoms with Gasteiger partial charge >= 0.3 is 0 Å². The van der Waals surface area contributed by atoms with Crippen LogP contribution in [0.2, 0.25) is 0 Å². The number of benzene rings is 3. The van der Waals surface area contributed by atoms with E-state index in [1.54, 1.807) is 0 Å². The first kappa shape index (κ1) is 26.9. The lowest BCUT2D eigenvalue weighted by Crippen LogP contribution is -2.34. The van der Waals surface area contributed by atoms with Crippen LogP contribution in [-0.2, 0) is 5.41 Å². The molecular weight excluding hydrogens is 476 g/mol. The number of hydrogen-bond acceptors (Lipinski definition) is 4. The van der Waals surface area contributed by atoms with Crippen LogP contribution >= 0.6 is 0 Å². The summed E-state index contributed by atoms with van der Waals surface area (Å²) in [5, 5.41) is 0. The third-order valence-electron chi connectivity index (χ3n) is 10.1. The van der Waals surface area contributed by atoms with E-state index in [-0.39, 0.29) is 0 Å². The predicted molar refractivity (Wildman–Crippen MR) is 165 cm³/mol. The number of aryl methyl sites for hydroxylation is 4. The van der Waals surface area contributed by atoms with E-state index in [9.17, 15) is 0 Å². The molecule has 1 aromatic heterocycles. The van der Waals surface area contributed by atoms with Crippen molar-refractivity contribution in [2.45, 2.75) is 88.5 Å². The lowest BCUT2D eigenvalue weighted by atomic mass is 9.63. The normalized spacial score (nSPS) is 13.5. The van der Waals surface area contributed by atoms with Gasteiger partial charge in [0.05, 0.1) is 28.2 Å². The molecule has 4 nitrogen and oxygen atoms in total. The van der Waals surface area contributed by atoms with E-state index in [1.165, 1.54) is 55.6 Å². The Labute approximate surface area is 233 Å². The van der Waals surface area contributed by atoms with Crippen LogP contribution in [0, 0.1) is 83.1 Å². The Bertz CT molecular complexity index is 1680. The lowest BCUT2D eigenvalue weighted by molar-refractivity contribution is 0.706. The summed E-state index contributed by atoms with van der Waals surface area (Å²) in [6.07, 6.45) is 0. The fourth-order valence-electron chi connectivity index (χ4n) is 6.89. The van der Waals surface area contributed by atoms with Crippen molar-refractivity contribution in [3.05, 3.63) is 102 Å². The van der Waals surface area contributed by atoms with E-state index in [2.05, 4.69) is 95.2 Å². The molecule has 1 heterocycles. The summed E-state index contributed by atoms with van der Waals surface area (Å²) < 4.78 is 0. The molecule has 5 rings (SSSR count). The molecule has 4 N–H and O–H groups in total. The monoisotopic (exact) mass is 518 g/mol. The molecule has 3 aromatic carbocycles. The summed E-state index contributed by atoms with van der Waals surface area (Å²) in [7, 11) is 0. The first-order chi connectivity index (χ1) is 18.2. The molecule has 39 heavy (non-hydrogen) atoms. The molecule has 0 amide bonds. The molecular formula is C35H42N4. The highest BCUT2D eigenvalue weighted by Crippen LogP contribution is 2.60. The number of nitrogen functional groups attached to an aromatic ring is 2. The van der Waals surface area contributed by atoms with Crippen molar-refractivity contribution in [2.75, 3.05) is 11.5 Å². The van der Waals surface area contributed by atoms with Gasteiger partial charge in [-0.25, -0.2) is 4.98 Å². The van der Waals surface area contributed by atoms with Crippen molar-refractivity contribution in [2.24, 2.45) is 0 Å². The highest BCUT2D eigenvalue weighted by Gasteiger charge is 2.52. The van der Waals surface area contributed by atoms with Crippen molar-refractivity contribution >= 4 is 11.4 Å². The van der Waals surface area contributed by atoms with Crippen molar-refractivity contribution in [3.63, 3.8) is 0 Å². The molecule has 0 saturated carbocycles. The zero-order valence-corrected chi connectivity index (χ0v) is 25.7. The van der Waals surface area contributed by atoms with Crippen molar-refractivity contribution in [3.8, 4) is 11.3 Å². The highest BCUT2D eigenvalue weighted by atomic mass is 14.9. The van der Waals surface area contributed by atoms with Crippen LogP contribution in [0.5, 0.6) is 0 Å². The van der Waals surface area contributed by atoms with Crippen molar-refractivity contribution in [1.82, 2.24) is 9.97 Å². The first-order valence-electron chi connectivity index (χ1n) is 13.9. The van der Waals surface area contributed by atoms with Crippen molar-refractivity contribution in [1.29, 1.82) is 0 Å². The Morgan fingerprint density at radius 3 is 1.44 bits per heavy atom. The third kappa shape index (κ3) is 3.30.